The normalized spacial score (nSPS) is 19.9. The van der Waals surface area contributed by atoms with Gasteiger partial charge in [-0.2, -0.15) is 5.10 Å². The number of nitrogens with one attached hydrogen (secondary N) is 4. The number of H-pyrrole nitrogens is 1. The Bertz CT molecular complexity index is 1060. The SMILES string of the molecule is Cc1cc(NC2=CN(Sc3ccc(NC(=O)OC4CCC4)cc3)CC3=NC=C[NH+]23)n[nH]1. The number of fused-ring (bicyclic) bond motifs is 1. The van der Waals surface area contributed by atoms with Crippen LogP contribution in [0.3, 0.4) is 0 Å². The Morgan fingerprint density at radius 1 is 1.32 bits per heavy atom. The maximum absolute atomic E-state index is 11.9. The van der Waals surface area contributed by atoms with Crippen LogP contribution in [0.4, 0.5) is 16.3 Å². The quantitative estimate of drug-likeness (QED) is 0.518. The fourth-order valence-electron chi connectivity index (χ4n) is 3.45. The zero-order valence-corrected chi connectivity index (χ0v) is 17.9. The van der Waals surface area contributed by atoms with Crippen LogP contribution in [-0.4, -0.2) is 39.1 Å². The molecule has 9 nitrogen and oxygen atoms in total. The molecule has 1 fully saturated rings. The Labute approximate surface area is 184 Å². The van der Waals surface area contributed by atoms with Gasteiger partial charge in [0.25, 0.3) is 0 Å². The number of hydrogen-bond donors (Lipinski definition) is 4. The molecule has 1 aromatic carbocycles. The topological polar surface area (TPSA) is 99.1 Å². The van der Waals surface area contributed by atoms with Gasteiger partial charge in [0.2, 0.25) is 11.7 Å². The van der Waals surface area contributed by atoms with Crippen molar-refractivity contribution in [1.82, 2.24) is 14.5 Å². The van der Waals surface area contributed by atoms with Crippen LogP contribution in [-0.2, 0) is 4.74 Å². The number of rotatable bonds is 6. The van der Waals surface area contributed by atoms with Crippen LogP contribution in [0.5, 0.6) is 0 Å². The van der Waals surface area contributed by atoms with Gasteiger partial charge in [-0.25, -0.2) is 14.7 Å². The third kappa shape index (κ3) is 4.59. The van der Waals surface area contributed by atoms with E-state index < -0.39 is 0 Å². The zero-order valence-electron chi connectivity index (χ0n) is 17.1. The predicted molar refractivity (Wildman–Crippen MR) is 119 cm³/mol. The molecule has 1 amide bonds. The lowest BCUT2D eigenvalue weighted by molar-refractivity contribution is -0.699. The van der Waals surface area contributed by atoms with Crippen molar-refractivity contribution in [1.29, 1.82) is 0 Å². The van der Waals surface area contributed by atoms with Gasteiger partial charge in [-0.05, 0) is 62.4 Å². The molecule has 160 valence electrons. The Morgan fingerprint density at radius 2 is 2.16 bits per heavy atom. The second-order valence-corrected chi connectivity index (χ2v) is 8.81. The molecule has 0 bridgehead atoms. The molecule has 1 saturated carbocycles. The number of anilines is 2. The highest BCUT2D eigenvalue weighted by Gasteiger charge is 2.32. The van der Waals surface area contributed by atoms with E-state index in [1.54, 1.807) is 11.9 Å². The lowest BCUT2D eigenvalue weighted by atomic mass is 9.96. The monoisotopic (exact) mass is 438 g/mol. The first-order valence-electron chi connectivity index (χ1n) is 10.3. The van der Waals surface area contributed by atoms with E-state index in [1.165, 1.54) is 0 Å². The number of hydrogen-bond acceptors (Lipinski definition) is 7. The van der Waals surface area contributed by atoms with E-state index in [0.29, 0.717) is 6.54 Å². The highest BCUT2D eigenvalue weighted by atomic mass is 32.2. The van der Waals surface area contributed by atoms with E-state index in [1.807, 2.05) is 49.7 Å². The van der Waals surface area contributed by atoms with Crippen molar-refractivity contribution < 1.29 is 14.4 Å². The summed E-state index contributed by atoms with van der Waals surface area (Å²) >= 11 is 1.61. The predicted octanol–water partition coefficient (Wildman–Crippen LogP) is 2.82. The first kappa shape index (κ1) is 19.7. The molecule has 1 unspecified atom stereocenters. The van der Waals surface area contributed by atoms with Gasteiger partial charge in [0, 0.05) is 22.3 Å². The van der Waals surface area contributed by atoms with Gasteiger partial charge in [0.15, 0.2) is 5.82 Å². The average molecular weight is 439 g/mol. The summed E-state index contributed by atoms with van der Waals surface area (Å²) in [7, 11) is 0. The Morgan fingerprint density at radius 3 is 2.87 bits per heavy atom. The molecule has 0 saturated heterocycles. The molecular weight excluding hydrogens is 414 g/mol. The van der Waals surface area contributed by atoms with Crippen molar-refractivity contribution in [2.75, 3.05) is 17.2 Å². The Hall–Kier alpha value is -3.24. The Balaban J connectivity index is 1.23. The second kappa shape index (κ2) is 8.48. The molecule has 4 N–H and O–H groups in total. The van der Waals surface area contributed by atoms with Crippen molar-refractivity contribution in [2.24, 2.45) is 4.99 Å². The molecular formula is C21H24N7O2S+. The number of amides is 1. The van der Waals surface area contributed by atoms with E-state index in [9.17, 15) is 4.79 Å². The standard InChI is InChI=1S/C21H23N7O2S/c1-14-11-18(26-25-14)24-20-13-27(12-19-22-9-10-28(19)20)31-17-7-5-15(6-8-17)23-21(29)30-16-3-2-4-16/h5-11,13,16H,2-4,12H2,1H3,(H,23,29)(H2,24,25,26)/p+1. The van der Waals surface area contributed by atoms with Gasteiger partial charge in [-0.15, -0.1) is 0 Å². The number of aliphatic imine (C=N–C) groups is 1. The van der Waals surface area contributed by atoms with Crippen molar-refractivity contribution in [2.45, 2.75) is 37.2 Å². The molecule has 2 aliphatic heterocycles. The first-order chi connectivity index (χ1) is 15.1. The number of aromatic nitrogens is 2. The highest BCUT2D eigenvalue weighted by molar-refractivity contribution is 7.97. The maximum Gasteiger partial charge on any atom is 0.411 e. The lowest BCUT2D eigenvalue weighted by Crippen LogP contribution is -3.10. The van der Waals surface area contributed by atoms with Crippen molar-refractivity contribution in [3.8, 4) is 0 Å². The van der Waals surface area contributed by atoms with Gasteiger partial charge < -0.3 is 4.74 Å². The van der Waals surface area contributed by atoms with Gasteiger partial charge >= 0.3 is 6.09 Å². The number of amidine groups is 1. The van der Waals surface area contributed by atoms with Crippen LogP contribution in [0.1, 0.15) is 25.0 Å². The van der Waals surface area contributed by atoms with Gasteiger partial charge in [0.05, 0.1) is 12.4 Å². The molecule has 2 aromatic rings. The van der Waals surface area contributed by atoms with Crippen LogP contribution in [0, 0.1) is 6.92 Å². The molecule has 3 aliphatic rings. The zero-order chi connectivity index (χ0) is 21.2. The molecule has 31 heavy (non-hydrogen) atoms. The minimum Gasteiger partial charge on any atom is -0.446 e. The van der Waals surface area contributed by atoms with Crippen LogP contribution < -0.4 is 15.5 Å². The van der Waals surface area contributed by atoms with Crippen LogP contribution >= 0.6 is 11.9 Å². The number of quaternary nitrogens is 1. The third-order valence-corrected chi connectivity index (χ3v) is 6.22. The lowest BCUT2D eigenvalue weighted by Gasteiger charge is -2.27. The molecule has 10 heteroatoms. The summed E-state index contributed by atoms with van der Waals surface area (Å²) in [4.78, 5) is 18.6. The van der Waals surface area contributed by atoms with Crippen LogP contribution in [0.25, 0.3) is 0 Å². The number of nitrogens with zero attached hydrogens (tertiary/aromatic N) is 3. The fraction of sp³-hybridized carbons (Fsp3) is 0.286. The van der Waals surface area contributed by atoms with Gasteiger partial charge in [-0.3, -0.25) is 20.0 Å². The van der Waals surface area contributed by atoms with E-state index in [4.69, 9.17) is 4.74 Å². The maximum atomic E-state index is 11.9. The molecule has 1 atom stereocenters. The number of carbonyl (C=O) groups is 1. The highest BCUT2D eigenvalue weighted by Crippen LogP contribution is 2.27. The van der Waals surface area contributed by atoms with E-state index in [2.05, 4.69) is 36.3 Å². The number of aromatic amines is 1. The summed E-state index contributed by atoms with van der Waals surface area (Å²) in [6, 6.07) is 9.70. The van der Waals surface area contributed by atoms with Crippen molar-refractivity contribution >= 4 is 35.4 Å². The van der Waals surface area contributed by atoms with E-state index in [-0.39, 0.29) is 12.2 Å². The number of carbonyl (C=O) groups excluding carboxylic acids is 1. The Kier molecular flexibility index (Phi) is 5.39. The fourth-order valence-corrected chi connectivity index (χ4v) is 4.32. The van der Waals surface area contributed by atoms with Gasteiger partial charge in [0.1, 0.15) is 18.8 Å². The molecule has 1 aliphatic carbocycles. The molecule has 1 aromatic heterocycles. The summed E-state index contributed by atoms with van der Waals surface area (Å²) in [6.45, 7) is 2.67. The van der Waals surface area contributed by atoms with Crippen molar-refractivity contribution in [3.63, 3.8) is 0 Å². The average Bonchev–Trinajstić information content (AvgIpc) is 3.35. The number of benzene rings is 1. The summed E-state index contributed by atoms with van der Waals surface area (Å²) in [6.07, 6.45) is 8.65. The number of ether oxygens (including phenoxy) is 1. The summed E-state index contributed by atoms with van der Waals surface area (Å²) in [5, 5.41) is 13.4. The minimum atomic E-state index is -0.386. The van der Waals surface area contributed by atoms with Crippen LogP contribution in [0.15, 0.2) is 64.6 Å². The summed E-state index contributed by atoms with van der Waals surface area (Å²) in [5.74, 6) is 2.74. The second-order valence-electron chi connectivity index (χ2n) is 7.68. The van der Waals surface area contributed by atoms with Gasteiger partial charge in [-0.1, -0.05) is 0 Å². The molecule has 0 spiro atoms. The number of aryl methyl sites for hydroxylation is 1. The molecule has 3 heterocycles. The third-order valence-electron chi connectivity index (χ3n) is 5.27. The first-order valence-corrected chi connectivity index (χ1v) is 11.0. The van der Waals surface area contributed by atoms with E-state index >= 15 is 0 Å². The molecule has 0 radical (unpaired) electrons. The smallest absolute Gasteiger partial charge is 0.411 e. The largest absolute Gasteiger partial charge is 0.446 e. The van der Waals surface area contributed by atoms with Crippen LogP contribution in [0.2, 0.25) is 0 Å². The summed E-state index contributed by atoms with van der Waals surface area (Å²) in [5.41, 5.74) is 1.72. The van der Waals surface area contributed by atoms with Crippen molar-refractivity contribution in [3.05, 3.63) is 60.4 Å². The minimum absolute atomic E-state index is 0.0728. The summed E-state index contributed by atoms with van der Waals surface area (Å²) < 4.78 is 7.47. The van der Waals surface area contributed by atoms with E-state index in [0.717, 1.165) is 57.9 Å². The molecule has 5 rings (SSSR count).